The number of anilines is 2. The molecule has 0 bridgehead atoms. The van der Waals surface area contributed by atoms with Gasteiger partial charge in [-0.15, -0.1) is 0 Å². The zero-order valence-corrected chi connectivity index (χ0v) is 15.3. The topological polar surface area (TPSA) is 91.0 Å². The van der Waals surface area contributed by atoms with Gasteiger partial charge >= 0.3 is 0 Å². The van der Waals surface area contributed by atoms with Gasteiger partial charge in [0.1, 0.15) is 4.88 Å². The minimum absolute atomic E-state index is 0.0330. The maximum Gasteiger partial charge on any atom is 0.270 e. The Labute approximate surface area is 149 Å². The summed E-state index contributed by atoms with van der Waals surface area (Å²) in [6.45, 7) is 7.07. The maximum absolute atomic E-state index is 12.6. The first-order valence-electron chi connectivity index (χ1n) is 7.90. The van der Waals surface area contributed by atoms with Crippen LogP contribution in [0.5, 0.6) is 0 Å². The van der Waals surface area contributed by atoms with Crippen LogP contribution in [0.3, 0.4) is 0 Å². The fourth-order valence-electron chi connectivity index (χ4n) is 2.59. The molecule has 2 N–H and O–H groups in total. The standard InChI is InChI=1S/C17H19N5O2S/c1-9(2)22(11(4)23)17-18-10(3)14(25-17)15(24)21-16-19-12-7-5-6-8-13(12)20-16/h5-9H,1-4H3,(H2,19,20,21,24). The highest BCUT2D eigenvalue weighted by molar-refractivity contribution is 7.17. The van der Waals surface area contributed by atoms with E-state index in [4.69, 9.17) is 0 Å². The van der Waals surface area contributed by atoms with Crippen molar-refractivity contribution in [2.24, 2.45) is 0 Å². The summed E-state index contributed by atoms with van der Waals surface area (Å²) in [5.74, 6) is -0.0200. The van der Waals surface area contributed by atoms with Crippen molar-refractivity contribution >= 4 is 45.3 Å². The van der Waals surface area contributed by atoms with Crippen LogP contribution in [0.2, 0.25) is 0 Å². The number of aromatic nitrogens is 3. The SMILES string of the molecule is CC(=O)N(c1nc(C)c(C(=O)Nc2nc3ccccc3[nH]2)s1)C(C)C. The van der Waals surface area contributed by atoms with Crippen LogP contribution in [0.4, 0.5) is 11.1 Å². The third kappa shape index (κ3) is 3.39. The molecule has 8 heteroatoms. The molecule has 2 amide bonds. The van der Waals surface area contributed by atoms with Gasteiger partial charge in [-0.2, -0.15) is 0 Å². The molecule has 3 aromatic rings. The minimum atomic E-state index is -0.299. The molecular weight excluding hydrogens is 338 g/mol. The molecule has 0 aliphatic rings. The highest BCUT2D eigenvalue weighted by Crippen LogP contribution is 2.28. The predicted octanol–water partition coefficient (Wildman–Crippen LogP) is 3.34. The number of carbonyl (C=O) groups excluding carboxylic acids is 2. The Morgan fingerprint density at radius 2 is 1.96 bits per heavy atom. The number of imidazole rings is 1. The van der Waals surface area contributed by atoms with Crippen LogP contribution < -0.4 is 10.2 Å². The molecule has 0 saturated carbocycles. The highest BCUT2D eigenvalue weighted by Gasteiger charge is 2.23. The minimum Gasteiger partial charge on any atom is -0.324 e. The maximum atomic E-state index is 12.6. The van der Waals surface area contributed by atoms with Gasteiger partial charge in [-0.3, -0.25) is 19.8 Å². The van der Waals surface area contributed by atoms with Crippen molar-refractivity contribution in [1.29, 1.82) is 0 Å². The molecule has 0 fully saturated rings. The summed E-state index contributed by atoms with van der Waals surface area (Å²) in [5.41, 5.74) is 2.21. The van der Waals surface area contributed by atoms with E-state index in [1.165, 1.54) is 18.3 Å². The molecule has 0 spiro atoms. The Bertz CT molecular complexity index is 911. The third-order valence-corrected chi connectivity index (χ3v) is 4.83. The van der Waals surface area contributed by atoms with Crippen LogP contribution in [0.25, 0.3) is 11.0 Å². The number of carbonyl (C=O) groups is 2. The number of para-hydroxylation sites is 2. The molecule has 3 rings (SSSR count). The van der Waals surface area contributed by atoms with E-state index >= 15 is 0 Å². The number of H-pyrrole nitrogens is 1. The number of amides is 2. The van der Waals surface area contributed by atoms with Crippen molar-refractivity contribution in [3.05, 3.63) is 34.8 Å². The smallest absolute Gasteiger partial charge is 0.270 e. The van der Waals surface area contributed by atoms with E-state index in [-0.39, 0.29) is 17.9 Å². The van der Waals surface area contributed by atoms with Gasteiger partial charge < -0.3 is 4.98 Å². The molecule has 0 aliphatic heterocycles. The van der Waals surface area contributed by atoms with Crippen molar-refractivity contribution in [2.75, 3.05) is 10.2 Å². The van der Waals surface area contributed by atoms with E-state index in [0.717, 1.165) is 11.0 Å². The summed E-state index contributed by atoms with van der Waals surface area (Å²) in [5, 5.41) is 3.28. The first-order chi connectivity index (χ1) is 11.9. The number of hydrogen-bond acceptors (Lipinski definition) is 5. The lowest BCUT2D eigenvalue weighted by atomic mass is 10.3. The van der Waals surface area contributed by atoms with Gasteiger partial charge in [0.2, 0.25) is 11.9 Å². The largest absolute Gasteiger partial charge is 0.324 e. The molecule has 0 unspecified atom stereocenters. The van der Waals surface area contributed by atoms with E-state index in [9.17, 15) is 9.59 Å². The van der Waals surface area contributed by atoms with E-state index in [1.807, 2.05) is 38.1 Å². The van der Waals surface area contributed by atoms with Crippen LogP contribution in [0, 0.1) is 6.92 Å². The zero-order chi connectivity index (χ0) is 18.1. The Hall–Kier alpha value is -2.74. The lowest BCUT2D eigenvalue weighted by Gasteiger charge is -2.21. The van der Waals surface area contributed by atoms with Crippen molar-refractivity contribution in [2.45, 2.75) is 33.7 Å². The first kappa shape index (κ1) is 17.1. The van der Waals surface area contributed by atoms with Crippen LogP contribution in [-0.4, -0.2) is 32.8 Å². The van der Waals surface area contributed by atoms with Crippen LogP contribution in [-0.2, 0) is 4.79 Å². The lowest BCUT2D eigenvalue weighted by Crippen LogP contribution is -2.34. The fourth-order valence-corrected chi connectivity index (χ4v) is 3.73. The molecule has 0 saturated heterocycles. The van der Waals surface area contributed by atoms with Crippen molar-refractivity contribution in [1.82, 2.24) is 15.0 Å². The Kier molecular flexibility index (Phi) is 4.54. The fraction of sp³-hybridized carbons (Fsp3) is 0.294. The molecule has 0 atom stereocenters. The average molecular weight is 357 g/mol. The summed E-state index contributed by atoms with van der Waals surface area (Å²) in [6, 6.07) is 7.51. The van der Waals surface area contributed by atoms with E-state index in [0.29, 0.717) is 21.7 Å². The summed E-state index contributed by atoms with van der Waals surface area (Å²) >= 11 is 1.20. The van der Waals surface area contributed by atoms with Gasteiger partial charge in [0.05, 0.1) is 16.7 Å². The van der Waals surface area contributed by atoms with Crippen molar-refractivity contribution < 1.29 is 9.59 Å². The van der Waals surface area contributed by atoms with E-state index < -0.39 is 0 Å². The lowest BCUT2D eigenvalue weighted by molar-refractivity contribution is -0.116. The second-order valence-corrected chi connectivity index (χ2v) is 6.93. The number of aromatic amines is 1. The first-order valence-corrected chi connectivity index (χ1v) is 8.71. The van der Waals surface area contributed by atoms with Gasteiger partial charge in [0.25, 0.3) is 5.91 Å². The molecule has 7 nitrogen and oxygen atoms in total. The number of aryl methyl sites for hydroxylation is 1. The highest BCUT2D eigenvalue weighted by atomic mass is 32.1. The molecule has 0 radical (unpaired) electrons. The van der Waals surface area contributed by atoms with Crippen molar-refractivity contribution in [3.63, 3.8) is 0 Å². The van der Waals surface area contributed by atoms with Crippen LogP contribution in [0.15, 0.2) is 24.3 Å². The summed E-state index contributed by atoms with van der Waals surface area (Å²) < 4.78 is 0. The quantitative estimate of drug-likeness (QED) is 0.749. The summed E-state index contributed by atoms with van der Waals surface area (Å²) in [4.78, 5) is 38.3. The van der Waals surface area contributed by atoms with E-state index in [1.54, 1.807) is 11.8 Å². The molecule has 130 valence electrons. The monoisotopic (exact) mass is 357 g/mol. The number of thiazole rings is 1. The number of benzene rings is 1. The van der Waals surface area contributed by atoms with Gasteiger partial charge in [-0.1, -0.05) is 23.5 Å². The van der Waals surface area contributed by atoms with Gasteiger partial charge in [0.15, 0.2) is 5.13 Å². The third-order valence-electron chi connectivity index (χ3n) is 3.67. The number of hydrogen-bond donors (Lipinski definition) is 2. The van der Waals surface area contributed by atoms with Gasteiger partial charge in [-0.25, -0.2) is 9.97 Å². The second kappa shape index (κ2) is 6.64. The molecular formula is C17H19N5O2S. The van der Waals surface area contributed by atoms with Crippen LogP contribution >= 0.6 is 11.3 Å². The van der Waals surface area contributed by atoms with Gasteiger partial charge in [0, 0.05) is 13.0 Å². The number of nitrogens with zero attached hydrogens (tertiary/aromatic N) is 3. The molecule has 25 heavy (non-hydrogen) atoms. The van der Waals surface area contributed by atoms with E-state index in [2.05, 4.69) is 20.3 Å². The number of rotatable bonds is 4. The molecule has 2 aromatic heterocycles. The van der Waals surface area contributed by atoms with Crippen LogP contribution in [0.1, 0.15) is 36.1 Å². The normalized spacial score (nSPS) is 11.1. The summed E-state index contributed by atoms with van der Waals surface area (Å²) in [7, 11) is 0. The Morgan fingerprint density at radius 1 is 1.24 bits per heavy atom. The Morgan fingerprint density at radius 3 is 2.60 bits per heavy atom. The number of nitrogens with one attached hydrogen (secondary N) is 2. The van der Waals surface area contributed by atoms with Crippen molar-refractivity contribution in [3.8, 4) is 0 Å². The Balaban J connectivity index is 1.86. The van der Waals surface area contributed by atoms with Gasteiger partial charge in [-0.05, 0) is 32.9 Å². The molecule has 0 aliphatic carbocycles. The predicted molar refractivity (Wildman–Crippen MR) is 99.2 cm³/mol. The number of fused-ring (bicyclic) bond motifs is 1. The zero-order valence-electron chi connectivity index (χ0n) is 14.5. The molecule has 2 heterocycles. The second-order valence-electron chi connectivity index (χ2n) is 5.95. The summed E-state index contributed by atoms with van der Waals surface area (Å²) in [6.07, 6.45) is 0. The molecule has 1 aromatic carbocycles. The average Bonchev–Trinajstić information content (AvgIpc) is 3.09.